The van der Waals surface area contributed by atoms with Crippen molar-refractivity contribution in [3.63, 3.8) is 0 Å². The number of aryl methyl sites for hydroxylation is 2. The SMILES string of the molecule is CCCn1ncc(OC)c1C(NC)c1cc(Cl)ccc1C. The Morgan fingerprint density at radius 3 is 2.81 bits per heavy atom. The van der Waals surface area contributed by atoms with Gasteiger partial charge in [0.15, 0.2) is 5.75 Å². The molecular weight excluding hydrogens is 286 g/mol. The molecule has 0 bridgehead atoms. The predicted molar refractivity (Wildman–Crippen MR) is 86.2 cm³/mol. The van der Waals surface area contributed by atoms with E-state index in [1.807, 2.05) is 29.9 Å². The smallest absolute Gasteiger partial charge is 0.161 e. The van der Waals surface area contributed by atoms with E-state index in [1.165, 1.54) is 5.56 Å². The average molecular weight is 308 g/mol. The summed E-state index contributed by atoms with van der Waals surface area (Å²) in [6.07, 6.45) is 2.79. The van der Waals surface area contributed by atoms with Crippen LogP contribution in [-0.4, -0.2) is 23.9 Å². The van der Waals surface area contributed by atoms with Gasteiger partial charge in [0.1, 0.15) is 5.69 Å². The summed E-state index contributed by atoms with van der Waals surface area (Å²) in [4.78, 5) is 0. The van der Waals surface area contributed by atoms with E-state index in [1.54, 1.807) is 13.3 Å². The summed E-state index contributed by atoms with van der Waals surface area (Å²) >= 11 is 6.17. The Kier molecular flexibility index (Phi) is 5.26. The lowest BCUT2D eigenvalue weighted by Gasteiger charge is -2.21. The van der Waals surface area contributed by atoms with Gasteiger partial charge in [0.2, 0.25) is 0 Å². The van der Waals surface area contributed by atoms with E-state index in [0.717, 1.165) is 35.0 Å². The number of rotatable bonds is 6. The molecule has 1 heterocycles. The van der Waals surface area contributed by atoms with Gasteiger partial charge in [0, 0.05) is 11.6 Å². The molecule has 1 aromatic heterocycles. The van der Waals surface area contributed by atoms with Gasteiger partial charge in [-0.1, -0.05) is 24.6 Å². The summed E-state index contributed by atoms with van der Waals surface area (Å²) in [6, 6.07) is 5.94. The van der Waals surface area contributed by atoms with Crippen LogP contribution >= 0.6 is 11.6 Å². The molecule has 1 aromatic carbocycles. The Bertz CT molecular complexity index is 610. The predicted octanol–water partition coefficient (Wildman–Crippen LogP) is 3.57. The van der Waals surface area contributed by atoms with Crippen molar-refractivity contribution in [3.8, 4) is 5.75 Å². The van der Waals surface area contributed by atoms with Crippen molar-refractivity contribution in [1.29, 1.82) is 0 Å². The molecule has 21 heavy (non-hydrogen) atoms. The molecule has 2 rings (SSSR count). The first-order valence-corrected chi connectivity index (χ1v) is 7.53. The van der Waals surface area contributed by atoms with Crippen LogP contribution in [0.3, 0.4) is 0 Å². The molecule has 0 amide bonds. The van der Waals surface area contributed by atoms with Crippen molar-refractivity contribution < 1.29 is 4.74 Å². The quantitative estimate of drug-likeness (QED) is 0.886. The molecule has 114 valence electrons. The lowest BCUT2D eigenvalue weighted by Crippen LogP contribution is -2.23. The van der Waals surface area contributed by atoms with Gasteiger partial charge < -0.3 is 10.1 Å². The molecule has 0 saturated carbocycles. The molecule has 5 heteroatoms. The highest BCUT2D eigenvalue weighted by Crippen LogP contribution is 2.32. The molecule has 0 fully saturated rings. The number of halogens is 1. The van der Waals surface area contributed by atoms with Crippen LogP contribution in [-0.2, 0) is 6.54 Å². The van der Waals surface area contributed by atoms with Crippen molar-refractivity contribution in [1.82, 2.24) is 15.1 Å². The molecule has 1 atom stereocenters. The Labute approximate surface area is 131 Å². The van der Waals surface area contributed by atoms with Gasteiger partial charge in [-0.25, -0.2) is 0 Å². The van der Waals surface area contributed by atoms with E-state index in [9.17, 15) is 0 Å². The number of methoxy groups -OCH3 is 1. The zero-order valence-electron chi connectivity index (χ0n) is 13.0. The molecule has 0 aliphatic rings. The fourth-order valence-corrected chi connectivity index (χ4v) is 2.76. The number of hydrogen-bond donors (Lipinski definition) is 1. The molecule has 1 unspecified atom stereocenters. The zero-order valence-corrected chi connectivity index (χ0v) is 13.7. The van der Waals surface area contributed by atoms with E-state index < -0.39 is 0 Å². The number of nitrogens with zero attached hydrogens (tertiary/aromatic N) is 2. The molecule has 2 aromatic rings. The highest BCUT2D eigenvalue weighted by Gasteiger charge is 2.23. The van der Waals surface area contributed by atoms with Crippen LogP contribution in [0.5, 0.6) is 5.75 Å². The van der Waals surface area contributed by atoms with E-state index >= 15 is 0 Å². The molecule has 4 nitrogen and oxygen atoms in total. The fraction of sp³-hybridized carbons (Fsp3) is 0.438. The van der Waals surface area contributed by atoms with Gasteiger partial charge in [-0.15, -0.1) is 0 Å². The molecule has 0 saturated heterocycles. The molecular formula is C16H22ClN3O. The fourth-order valence-electron chi connectivity index (χ4n) is 2.58. The maximum absolute atomic E-state index is 6.17. The number of nitrogens with one attached hydrogen (secondary N) is 1. The first-order valence-electron chi connectivity index (χ1n) is 7.15. The molecule has 1 N–H and O–H groups in total. The van der Waals surface area contributed by atoms with Crippen molar-refractivity contribution in [2.45, 2.75) is 32.9 Å². The third-order valence-corrected chi connectivity index (χ3v) is 3.85. The first-order chi connectivity index (χ1) is 10.1. The Balaban J connectivity index is 2.55. The number of benzene rings is 1. The average Bonchev–Trinajstić information content (AvgIpc) is 2.87. The lowest BCUT2D eigenvalue weighted by molar-refractivity contribution is 0.400. The van der Waals surface area contributed by atoms with Crippen LogP contribution in [0.15, 0.2) is 24.4 Å². The lowest BCUT2D eigenvalue weighted by atomic mass is 9.98. The van der Waals surface area contributed by atoms with Gasteiger partial charge in [-0.05, 0) is 43.7 Å². The standard InChI is InChI=1S/C16H22ClN3O/c1-5-8-20-16(14(21-4)10-19-20)15(18-3)13-9-12(17)7-6-11(13)2/h6-7,9-10,15,18H,5,8H2,1-4H3. The minimum absolute atomic E-state index is 0.00676. The Morgan fingerprint density at radius 1 is 1.43 bits per heavy atom. The molecule has 0 radical (unpaired) electrons. The van der Waals surface area contributed by atoms with Crippen LogP contribution in [0.2, 0.25) is 5.02 Å². The van der Waals surface area contributed by atoms with Crippen molar-refractivity contribution in [3.05, 3.63) is 46.2 Å². The second-order valence-corrected chi connectivity index (χ2v) is 5.48. The normalized spacial score (nSPS) is 12.4. The van der Waals surface area contributed by atoms with Gasteiger partial charge >= 0.3 is 0 Å². The molecule has 0 aliphatic heterocycles. The highest BCUT2D eigenvalue weighted by atomic mass is 35.5. The van der Waals surface area contributed by atoms with Gasteiger partial charge in [0.25, 0.3) is 0 Å². The summed E-state index contributed by atoms with van der Waals surface area (Å²) in [6.45, 7) is 5.08. The summed E-state index contributed by atoms with van der Waals surface area (Å²) in [5.41, 5.74) is 3.36. The first kappa shape index (κ1) is 15.9. The monoisotopic (exact) mass is 307 g/mol. The van der Waals surface area contributed by atoms with Crippen LogP contribution < -0.4 is 10.1 Å². The second-order valence-electron chi connectivity index (χ2n) is 5.04. The van der Waals surface area contributed by atoms with Crippen molar-refractivity contribution >= 4 is 11.6 Å². The summed E-state index contributed by atoms with van der Waals surface area (Å²) in [7, 11) is 3.61. The van der Waals surface area contributed by atoms with Crippen molar-refractivity contribution in [2.75, 3.05) is 14.2 Å². The number of hydrogen-bond acceptors (Lipinski definition) is 3. The van der Waals surface area contributed by atoms with Crippen LogP contribution in [0, 0.1) is 6.92 Å². The maximum atomic E-state index is 6.17. The van der Waals surface area contributed by atoms with E-state index in [-0.39, 0.29) is 6.04 Å². The van der Waals surface area contributed by atoms with E-state index in [0.29, 0.717) is 0 Å². The largest absolute Gasteiger partial charge is 0.493 e. The third-order valence-electron chi connectivity index (χ3n) is 3.61. The van der Waals surface area contributed by atoms with E-state index in [2.05, 4.69) is 24.3 Å². The number of ether oxygens (including phenoxy) is 1. The second kappa shape index (κ2) is 6.96. The highest BCUT2D eigenvalue weighted by molar-refractivity contribution is 6.30. The minimum atomic E-state index is -0.00676. The van der Waals surface area contributed by atoms with Crippen LogP contribution in [0.1, 0.15) is 36.2 Å². The van der Waals surface area contributed by atoms with E-state index in [4.69, 9.17) is 16.3 Å². The van der Waals surface area contributed by atoms with Crippen molar-refractivity contribution in [2.24, 2.45) is 0 Å². The topological polar surface area (TPSA) is 39.1 Å². The van der Waals surface area contributed by atoms with Gasteiger partial charge in [-0.2, -0.15) is 5.10 Å². The van der Waals surface area contributed by atoms with Gasteiger partial charge in [-0.3, -0.25) is 4.68 Å². The Morgan fingerprint density at radius 2 is 2.19 bits per heavy atom. The number of aromatic nitrogens is 2. The summed E-state index contributed by atoms with van der Waals surface area (Å²) in [5.74, 6) is 0.794. The third kappa shape index (κ3) is 3.22. The maximum Gasteiger partial charge on any atom is 0.161 e. The zero-order chi connectivity index (χ0) is 15.4. The minimum Gasteiger partial charge on any atom is -0.493 e. The molecule has 0 spiro atoms. The Hall–Kier alpha value is -1.52. The van der Waals surface area contributed by atoms with Crippen LogP contribution in [0.25, 0.3) is 0 Å². The van der Waals surface area contributed by atoms with Crippen LogP contribution in [0.4, 0.5) is 0 Å². The summed E-state index contributed by atoms with van der Waals surface area (Å²) < 4.78 is 7.49. The van der Waals surface area contributed by atoms with Gasteiger partial charge in [0.05, 0.1) is 19.3 Å². The molecule has 0 aliphatic carbocycles. The summed E-state index contributed by atoms with van der Waals surface area (Å²) in [5, 5.41) is 8.54.